The molecule has 5 heteroatoms. The van der Waals surface area contributed by atoms with E-state index in [4.69, 9.17) is 0 Å². The molecule has 3 rings (SSSR count). The van der Waals surface area contributed by atoms with E-state index < -0.39 is 10.1 Å². The normalized spacial score (nSPS) is 12.2. The summed E-state index contributed by atoms with van der Waals surface area (Å²) < 4.78 is 29.6. The third-order valence-corrected chi connectivity index (χ3v) is 4.69. The summed E-state index contributed by atoms with van der Waals surface area (Å²) in [5.41, 5.74) is 2.08. The van der Waals surface area contributed by atoms with Gasteiger partial charge in [0, 0.05) is 28.4 Å². The van der Waals surface area contributed by atoms with Gasteiger partial charge in [-0.3, -0.25) is 4.18 Å². The Morgan fingerprint density at radius 2 is 1.45 bits per heavy atom. The number of benzene rings is 2. The number of hydrogen-bond acceptors (Lipinski definition) is 3. The lowest BCUT2D eigenvalue weighted by Gasteiger charge is -2.07. The van der Waals surface area contributed by atoms with Gasteiger partial charge in [-0.1, -0.05) is 36.4 Å². The zero-order valence-corrected chi connectivity index (χ0v) is 11.9. The summed E-state index contributed by atoms with van der Waals surface area (Å²) in [7, 11) is -2.26. The summed E-state index contributed by atoms with van der Waals surface area (Å²) in [6, 6.07) is 16.0. The molecule has 0 aliphatic rings. The van der Waals surface area contributed by atoms with Gasteiger partial charge in [-0.2, -0.15) is 8.42 Å². The fourth-order valence-electron chi connectivity index (χ4n) is 2.53. The van der Waals surface area contributed by atoms with Crippen LogP contribution in [0.15, 0.2) is 48.5 Å². The van der Waals surface area contributed by atoms with E-state index in [-0.39, 0.29) is 5.75 Å². The van der Waals surface area contributed by atoms with Crippen molar-refractivity contribution in [3.63, 3.8) is 0 Å². The van der Waals surface area contributed by atoms with E-state index in [1.165, 1.54) is 7.11 Å². The Bertz CT molecular complexity index is 812. The van der Waals surface area contributed by atoms with Crippen molar-refractivity contribution in [1.82, 2.24) is 4.57 Å². The molecule has 104 valence electrons. The van der Waals surface area contributed by atoms with Crippen molar-refractivity contribution in [3.05, 3.63) is 48.5 Å². The predicted octanol–water partition coefficient (Wildman–Crippen LogP) is 2.77. The molecule has 0 N–H and O–H groups in total. The van der Waals surface area contributed by atoms with Crippen molar-refractivity contribution in [2.24, 2.45) is 0 Å². The molecule has 0 radical (unpaired) electrons. The molecule has 0 atom stereocenters. The molecule has 0 bridgehead atoms. The zero-order chi connectivity index (χ0) is 14.2. The van der Waals surface area contributed by atoms with Crippen LogP contribution in [-0.4, -0.2) is 25.8 Å². The Labute approximate surface area is 117 Å². The maximum absolute atomic E-state index is 11.5. The average molecular weight is 289 g/mol. The average Bonchev–Trinajstić information content (AvgIpc) is 2.80. The van der Waals surface area contributed by atoms with Gasteiger partial charge < -0.3 is 4.57 Å². The summed E-state index contributed by atoms with van der Waals surface area (Å²) in [4.78, 5) is 0. The van der Waals surface area contributed by atoms with Crippen molar-refractivity contribution in [2.75, 3.05) is 12.9 Å². The molecule has 0 unspecified atom stereocenters. The summed E-state index contributed by atoms with van der Waals surface area (Å²) in [6.07, 6.45) is 0. The van der Waals surface area contributed by atoms with Gasteiger partial charge in [-0.05, 0) is 12.1 Å². The van der Waals surface area contributed by atoms with Gasteiger partial charge >= 0.3 is 0 Å². The second-order valence-electron chi connectivity index (χ2n) is 4.61. The van der Waals surface area contributed by atoms with Gasteiger partial charge in [-0.25, -0.2) is 0 Å². The van der Waals surface area contributed by atoms with E-state index in [1.54, 1.807) is 0 Å². The van der Waals surface area contributed by atoms with Crippen molar-refractivity contribution < 1.29 is 12.6 Å². The van der Waals surface area contributed by atoms with Crippen molar-refractivity contribution in [3.8, 4) is 0 Å². The summed E-state index contributed by atoms with van der Waals surface area (Å²) in [6.45, 7) is 0.379. The van der Waals surface area contributed by atoms with Crippen molar-refractivity contribution in [2.45, 2.75) is 6.54 Å². The predicted molar refractivity (Wildman–Crippen MR) is 80.2 cm³/mol. The van der Waals surface area contributed by atoms with E-state index in [0.29, 0.717) is 6.54 Å². The van der Waals surface area contributed by atoms with E-state index in [1.807, 2.05) is 41.0 Å². The molecule has 4 nitrogen and oxygen atoms in total. The lowest BCUT2D eigenvalue weighted by atomic mass is 10.2. The number of para-hydroxylation sites is 2. The first-order valence-electron chi connectivity index (χ1n) is 6.37. The van der Waals surface area contributed by atoms with Crippen LogP contribution in [0.3, 0.4) is 0 Å². The number of rotatable bonds is 4. The third kappa shape index (κ3) is 2.19. The minimum absolute atomic E-state index is 0.0355. The number of aromatic nitrogens is 1. The van der Waals surface area contributed by atoms with Crippen molar-refractivity contribution in [1.29, 1.82) is 0 Å². The summed E-state index contributed by atoms with van der Waals surface area (Å²) in [5, 5.41) is 2.27. The standard InChI is InChI=1S/C15H15NO3S/c1-19-20(17,18)11-10-16-14-8-4-2-6-12(14)13-7-3-5-9-15(13)16/h2-9H,10-11H2,1H3. The van der Waals surface area contributed by atoms with Crippen LogP contribution < -0.4 is 0 Å². The third-order valence-electron chi connectivity index (χ3n) is 3.50. The van der Waals surface area contributed by atoms with Crippen LogP contribution in [0.2, 0.25) is 0 Å². The minimum Gasteiger partial charge on any atom is -0.339 e. The topological polar surface area (TPSA) is 48.3 Å². The van der Waals surface area contributed by atoms with E-state index in [9.17, 15) is 8.42 Å². The minimum atomic E-state index is -3.45. The van der Waals surface area contributed by atoms with Crippen LogP contribution in [0.4, 0.5) is 0 Å². The highest BCUT2D eigenvalue weighted by Gasteiger charge is 2.13. The summed E-state index contributed by atoms with van der Waals surface area (Å²) in [5.74, 6) is -0.0355. The van der Waals surface area contributed by atoms with Gasteiger partial charge in [0.25, 0.3) is 10.1 Å². The lowest BCUT2D eigenvalue weighted by molar-refractivity contribution is 0.396. The zero-order valence-electron chi connectivity index (χ0n) is 11.1. The first kappa shape index (κ1) is 13.1. The van der Waals surface area contributed by atoms with E-state index in [2.05, 4.69) is 16.3 Å². The second-order valence-corrected chi connectivity index (χ2v) is 6.47. The number of aryl methyl sites for hydroxylation is 1. The Morgan fingerprint density at radius 1 is 0.950 bits per heavy atom. The quantitative estimate of drug-likeness (QED) is 0.694. The molecule has 2 aromatic carbocycles. The molecule has 0 spiro atoms. The van der Waals surface area contributed by atoms with E-state index >= 15 is 0 Å². The second kappa shape index (κ2) is 4.92. The van der Waals surface area contributed by atoms with Gasteiger partial charge in [0.05, 0.1) is 12.9 Å². The molecule has 20 heavy (non-hydrogen) atoms. The Kier molecular flexibility index (Phi) is 3.23. The van der Waals surface area contributed by atoms with Gasteiger partial charge in [-0.15, -0.1) is 0 Å². The van der Waals surface area contributed by atoms with Crippen molar-refractivity contribution >= 4 is 31.9 Å². The number of hydrogen-bond donors (Lipinski definition) is 0. The molecule has 0 aliphatic heterocycles. The van der Waals surface area contributed by atoms with Crippen LogP contribution in [-0.2, 0) is 20.8 Å². The van der Waals surface area contributed by atoms with E-state index in [0.717, 1.165) is 21.8 Å². The molecule has 0 amide bonds. The van der Waals surface area contributed by atoms with Crippen LogP contribution in [0.25, 0.3) is 21.8 Å². The highest BCUT2D eigenvalue weighted by atomic mass is 32.2. The van der Waals surface area contributed by atoms with Gasteiger partial charge in [0.2, 0.25) is 0 Å². The fourth-order valence-corrected chi connectivity index (χ4v) is 3.10. The Hall–Kier alpha value is -1.85. The first-order chi connectivity index (χ1) is 9.62. The molecular formula is C15H15NO3S. The number of fused-ring (bicyclic) bond motifs is 3. The molecule has 0 saturated carbocycles. The van der Waals surface area contributed by atoms with Gasteiger partial charge in [0.1, 0.15) is 0 Å². The van der Waals surface area contributed by atoms with Crippen LogP contribution in [0.5, 0.6) is 0 Å². The fraction of sp³-hybridized carbons (Fsp3) is 0.200. The highest BCUT2D eigenvalue weighted by molar-refractivity contribution is 7.86. The highest BCUT2D eigenvalue weighted by Crippen LogP contribution is 2.28. The SMILES string of the molecule is COS(=O)(=O)CCn1c2ccccc2c2ccccc21. The molecule has 1 aromatic heterocycles. The molecule has 0 saturated heterocycles. The maximum Gasteiger partial charge on any atom is 0.268 e. The molecule has 0 fully saturated rings. The summed E-state index contributed by atoms with van der Waals surface area (Å²) >= 11 is 0. The van der Waals surface area contributed by atoms with Gasteiger partial charge in [0.15, 0.2) is 0 Å². The lowest BCUT2D eigenvalue weighted by Crippen LogP contribution is -2.13. The molecular weight excluding hydrogens is 274 g/mol. The number of nitrogens with zero attached hydrogens (tertiary/aromatic N) is 1. The maximum atomic E-state index is 11.5. The Morgan fingerprint density at radius 3 is 1.95 bits per heavy atom. The molecule has 3 aromatic rings. The first-order valence-corrected chi connectivity index (χ1v) is 7.94. The molecule has 0 aliphatic carbocycles. The smallest absolute Gasteiger partial charge is 0.268 e. The largest absolute Gasteiger partial charge is 0.339 e. The molecule has 1 heterocycles. The van der Waals surface area contributed by atoms with Crippen LogP contribution in [0, 0.1) is 0 Å². The Balaban J connectivity index is 2.17. The monoisotopic (exact) mass is 289 g/mol. The van der Waals surface area contributed by atoms with Crippen LogP contribution >= 0.6 is 0 Å². The van der Waals surface area contributed by atoms with Crippen LogP contribution in [0.1, 0.15) is 0 Å².